The van der Waals surface area contributed by atoms with Crippen LogP contribution in [0.5, 0.6) is 0 Å². The van der Waals surface area contributed by atoms with Crippen LogP contribution in [0.15, 0.2) is 60.2 Å². The zero-order valence-electron chi connectivity index (χ0n) is 13.2. The van der Waals surface area contributed by atoms with Gasteiger partial charge in [0.05, 0.1) is 31.3 Å². The van der Waals surface area contributed by atoms with Crippen LogP contribution >= 0.6 is 0 Å². The lowest BCUT2D eigenvalue weighted by Crippen LogP contribution is -2.30. The summed E-state index contributed by atoms with van der Waals surface area (Å²) < 4.78 is 4.70. The van der Waals surface area contributed by atoms with Gasteiger partial charge in [-0.1, -0.05) is 42.5 Å². The quantitative estimate of drug-likeness (QED) is 0.882. The van der Waals surface area contributed by atoms with Gasteiger partial charge in [-0.2, -0.15) is 0 Å². The molecular weight excluding hydrogens is 306 g/mol. The molecule has 0 radical (unpaired) electrons. The Kier molecular flexibility index (Phi) is 4.33. The standard InChI is InChI=1S/C19H17NO4/c1-24-19(23)15-11-17(21)20(12-13-7-3-2-4-8-13)16-10-6-5-9-14(16)18(15)22/h2-10,22H,11-12H2,1H3. The van der Waals surface area contributed by atoms with Crippen LogP contribution in [0, 0.1) is 0 Å². The molecule has 5 heteroatoms. The van der Waals surface area contributed by atoms with Crippen LogP contribution in [0.1, 0.15) is 17.5 Å². The molecule has 0 atom stereocenters. The molecule has 0 unspecified atom stereocenters. The molecule has 0 spiro atoms. The lowest BCUT2D eigenvalue weighted by atomic mass is 10.1. The third-order valence-corrected chi connectivity index (χ3v) is 3.98. The smallest absolute Gasteiger partial charge is 0.338 e. The van der Waals surface area contributed by atoms with E-state index in [-0.39, 0.29) is 23.7 Å². The molecule has 5 nitrogen and oxygen atoms in total. The number of benzene rings is 2. The molecule has 1 amide bonds. The van der Waals surface area contributed by atoms with E-state index in [1.54, 1.807) is 29.2 Å². The number of hydrogen-bond acceptors (Lipinski definition) is 4. The third-order valence-electron chi connectivity index (χ3n) is 3.98. The number of aliphatic hydroxyl groups is 1. The lowest BCUT2D eigenvalue weighted by Gasteiger charge is -2.23. The number of esters is 1. The number of aliphatic hydroxyl groups excluding tert-OH is 1. The van der Waals surface area contributed by atoms with E-state index in [0.717, 1.165) is 5.56 Å². The zero-order chi connectivity index (χ0) is 17.1. The third kappa shape index (κ3) is 2.88. The van der Waals surface area contributed by atoms with Gasteiger partial charge in [0.1, 0.15) is 5.76 Å². The van der Waals surface area contributed by atoms with Gasteiger partial charge >= 0.3 is 5.97 Å². The Morgan fingerprint density at radius 1 is 1.12 bits per heavy atom. The predicted octanol–water partition coefficient (Wildman–Crippen LogP) is 3.07. The van der Waals surface area contributed by atoms with Crippen LogP contribution in [0.25, 0.3) is 5.76 Å². The van der Waals surface area contributed by atoms with Crippen molar-refractivity contribution in [2.24, 2.45) is 0 Å². The van der Waals surface area contributed by atoms with E-state index in [1.807, 2.05) is 30.3 Å². The first kappa shape index (κ1) is 15.8. The van der Waals surface area contributed by atoms with E-state index in [2.05, 4.69) is 0 Å². The highest BCUT2D eigenvalue weighted by Crippen LogP contribution is 2.34. The molecule has 0 bridgehead atoms. The minimum atomic E-state index is -0.697. The van der Waals surface area contributed by atoms with E-state index in [4.69, 9.17) is 4.74 Å². The Bertz CT molecular complexity index is 811. The van der Waals surface area contributed by atoms with Gasteiger partial charge in [-0.05, 0) is 17.7 Å². The van der Waals surface area contributed by atoms with Gasteiger partial charge in [-0.15, -0.1) is 0 Å². The number of methoxy groups -OCH3 is 1. The fourth-order valence-electron chi connectivity index (χ4n) is 2.77. The number of fused-ring (bicyclic) bond motifs is 1. The summed E-state index contributed by atoms with van der Waals surface area (Å²) in [5.74, 6) is -1.17. The van der Waals surface area contributed by atoms with Crippen molar-refractivity contribution in [3.8, 4) is 0 Å². The van der Waals surface area contributed by atoms with Gasteiger partial charge in [0.2, 0.25) is 5.91 Å². The molecule has 1 N–H and O–H groups in total. The molecule has 24 heavy (non-hydrogen) atoms. The number of ether oxygens (including phenoxy) is 1. The molecule has 3 rings (SSSR count). The van der Waals surface area contributed by atoms with Gasteiger partial charge in [0.15, 0.2) is 0 Å². The zero-order valence-corrected chi connectivity index (χ0v) is 13.2. The number of para-hydroxylation sites is 1. The van der Waals surface area contributed by atoms with Crippen LogP contribution in [0.3, 0.4) is 0 Å². The van der Waals surface area contributed by atoms with E-state index in [9.17, 15) is 14.7 Å². The van der Waals surface area contributed by atoms with Crippen molar-refractivity contribution in [2.75, 3.05) is 12.0 Å². The highest BCUT2D eigenvalue weighted by Gasteiger charge is 2.30. The molecule has 1 aliphatic rings. The van der Waals surface area contributed by atoms with Crippen molar-refractivity contribution in [3.05, 3.63) is 71.3 Å². The Morgan fingerprint density at radius 3 is 2.50 bits per heavy atom. The molecule has 0 saturated heterocycles. The molecule has 1 aliphatic heterocycles. The number of carbonyl (C=O) groups is 2. The summed E-state index contributed by atoms with van der Waals surface area (Å²) in [6, 6.07) is 16.5. The summed E-state index contributed by atoms with van der Waals surface area (Å²) in [6.45, 7) is 0.360. The first-order chi connectivity index (χ1) is 11.6. The van der Waals surface area contributed by atoms with Crippen LogP contribution < -0.4 is 4.90 Å². The van der Waals surface area contributed by atoms with E-state index < -0.39 is 5.97 Å². The molecule has 0 saturated carbocycles. The number of amides is 1. The second-order valence-corrected chi connectivity index (χ2v) is 5.48. The number of rotatable bonds is 3. The fourth-order valence-corrected chi connectivity index (χ4v) is 2.77. The Balaban J connectivity index is 2.08. The second kappa shape index (κ2) is 6.58. The molecule has 2 aromatic rings. The van der Waals surface area contributed by atoms with Crippen LogP contribution in [-0.4, -0.2) is 24.1 Å². The number of nitrogens with zero attached hydrogens (tertiary/aromatic N) is 1. The molecule has 2 aromatic carbocycles. The monoisotopic (exact) mass is 323 g/mol. The maximum atomic E-state index is 12.7. The number of carbonyl (C=O) groups excluding carboxylic acids is 2. The Hall–Kier alpha value is -3.08. The molecule has 0 aliphatic carbocycles. The normalized spacial score (nSPS) is 14.2. The van der Waals surface area contributed by atoms with Crippen LogP contribution in [0.2, 0.25) is 0 Å². The van der Waals surface area contributed by atoms with Gasteiger partial charge in [-0.3, -0.25) is 4.79 Å². The summed E-state index contributed by atoms with van der Waals surface area (Å²) in [5.41, 5.74) is 1.95. The molecule has 0 fully saturated rings. The molecule has 122 valence electrons. The van der Waals surface area contributed by atoms with Crippen molar-refractivity contribution in [1.82, 2.24) is 0 Å². The van der Waals surface area contributed by atoms with Gasteiger partial charge in [-0.25, -0.2) is 4.79 Å². The first-order valence-electron chi connectivity index (χ1n) is 7.56. The number of anilines is 1. The van der Waals surface area contributed by atoms with Crippen molar-refractivity contribution < 1.29 is 19.4 Å². The largest absolute Gasteiger partial charge is 0.507 e. The van der Waals surface area contributed by atoms with Gasteiger partial charge < -0.3 is 14.7 Å². The van der Waals surface area contributed by atoms with Gasteiger partial charge in [0.25, 0.3) is 0 Å². The summed E-state index contributed by atoms with van der Waals surface area (Å²) in [6.07, 6.45) is -0.208. The van der Waals surface area contributed by atoms with Crippen LogP contribution in [-0.2, 0) is 20.9 Å². The van der Waals surface area contributed by atoms with Crippen molar-refractivity contribution in [2.45, 2.75) is 13.0 Å². The summed E-state index contributed by atoms with van der Waals surface area (Å²) in [7, 11) is 1.23. The van der Waals surface area contributed by atoms with E-state index in [1.165, 1.54) is 7.11 Å². The lowest BCUT2D eigenvalue weighted by molar-refractivity contribution is -0.137. The predicted molar refractivity (Wildman–Crippen MR) is 90.3 cm³/mol. The highest BCUT2D eigenvalue weighted by molar-refractivity contribution is 6.09. The molecule has 0 aromatic heterocycles. The fraction of sp³-hybridized carbons (Fsp3) is 0.158. The van der Waals surface area contributed by atoms with Crippen LogP contribution in [0.4, 0.5) is 5.69 Å². The average molecular weight is 323 g/mol. The summed E-state index contributed by atoms with van der Waals surface area (Å²) in [5, 5.41) is 10.5. The second-order valence-electron chi connectivity index (χ2n) is 5.48. The van der Waals surface area contributed by atoms with Crippen molar-refractivity contribution >= 4 is 23.3 Å². The maximum absolute atomic E-state index is 12.7. The minimum Gasteiger partial charge on any atom is -0.507 e. The Labute approximate surface area is 139 Å². The summed E-state index contributed by atoms with van der Waals surface area (Å²) >= 11 is 0. The van der Waals surface area contributed by atoms with E-state index in [0.29, 0.717) is 17.8 Å². The maximum Gasteiger partial charge on any atom is 0.338 e. The average Bonchev–Trinajstić information content (AvgIpc) is 2.72. The molecule has 1 heterocycles. The topological polar surface area (TPSA) is 66.8 Å². The van der Waals surface area contributed by atoms with E-state index >= 15 is 0 Å². The summed E-state index contributed by atoms with van der Waals surface area (Å²) in [4.78, 5) is 26.3. The Morgan fingerprint density at radius 2 is 1.79 bits per heavy atom. The minimum absolute atomic E-state index is 0.0227. The SMILES string of the molecule is COC(=O)C1=C(O)c2ccccc2N(Cc2ccccc2)C(=O)C1. The first-order valence-corrected chi connectivity index (χ1v) is 7.56. The number of hydrogen-bond donors (Lipinski definition) is 1. The van der Waals surface area contributed by atoms with Gasteiger partial charge in [0, 0.05) is 5.56 Å². The highest BCUT2D eigenvalue weighted by atomic mass is 16.5. The molecular formula is C19H17NO4. The van der Waals surface area contributed by atoms with Crippen molar-refractivity contribution in [1.29, 1.82) is 0 Å². The van der Waals surface area contributed by atoms with Crippen molar-refractivity contribution in [3.63, 3.8) is 0 Å².